The van der Waals surface area contributed by atoms with E-state index in [0.29, 0.717) is 22.9 Å². The summed E-state index contributed by atoms with van der Waals surface area (Å²) in [5.74, 6) is -3.96. The van der Waals surface area contributed by atoms with Crippen LogP contribution in [0.25, 0.3) is 0 Å². The molecule has 0 aliphatic carbocycles. The molecule has 28 heavy (non-hydrogen) atoms. The fraction of sp³-hybridized carbons (Fsp3) is 0.105. The minimum absolute atomic E-state index is 0.0160. The number of amides is 1. The van der Waals surface area contributed by atoms with Gasteiger partial charge in [-0.25, -0.2) is 18.2 Å². The largest absolute Gasteiger partial charge is 0.340 e. The van der Waals surface area contributed by atoms with Crippen molar-refractivity contribution >= 4 is 34.7 Å². The monoisotopic (exact) mass is 387 g/mol. The molecule has 0 bridgehead atoms. The first kappa shape index (κ1) is 19.2. The Labute approximate surface area is 158 Å². The quantitative estimate of drug-likeness (QED) is 0.556. The highest BCUT2D eigenvalue weighted by atomic mass is 19.2. The number of nitrogens with one attached hydrogen (secondary N) is 3. The van der Waals surface area contributed by atoms with E-state index in [9.17, 15) is 18.0 Å². The molecule has 0 fully saturated rings. The van der Waals surface area contributed by atoms with Crippen LogP contribution in [-0.4, -0.2) is 15.9 Å². The number of hydrogen-bond donors (Lipinski definition) is 3. The Balaban J connectivity index is 1.80. The Morgan fingerprint density at radius 3 is 2.25 bits per heavy atom. The molecule has 0 radical (unpaired) electrons. The van der Waals surface area contributed by atoms with Crippen LogP contribution in [0, 0.1) is 24.4 Å². The average molecular weight is 387 g/mol. The van der Waals surface area contributed by atoms with Crippen molar-refractivity contribution in [3.05, 3.63) is 65.6 Å². The van der Waals surface area contributed by atoms with E-state index in [1.807, 2.05) is 0 Å². The second-order valence-corrected chi connectivity index (χ2v) is 5.95. The van der Waals surface area contributed by atoms with Gasteiger partial charge in [0.25, 0.3) is 0 Å². The summed E-state index contributed by atoms with van der Waals surface area (Å²) in [5.41, 5.74) is 1.62. The molecule has 1 amide bonds. The van der Waals surface area contributed by atoms with Crippen molar-refractivity contribution in [2.75, 3.05) is 16.0 Å². The van der Waals surface area contributed by atoms with E-state index in [-0.39, 0.29) is 17.5 Å². The van der Waals surface area contributed by atoms with E-state index < -0.39 is 17.5 Å². The van der Waals surface area contributed by atoms with Gasteiger partial charge < -0.3 is 16.0 Å². The lowest BCUT2D eigenvalue weighted by Crippen LogP contribution is -2.06. The molecule has 144 valence electrons. The van der Waals surface area contributed by atoms with Gasteiger partial charge in [-0.05, 0) is 43.3 Å². The zero-order valence-electron chi connectivity index (χ0n) is 15.0. The van der Waals surface area contributed by atoms with Crippen LogP contribution in [0.3, 0.4) is 0 Å². The molecule has 0 aliphatic rings. The molecule has 1 aromatic heterocycles. The summed E-state index contributed by atoms with van der Waals surface area (Å²) in [6, 6.07) is 10.4. The number of aryl methyl sites for hydroxylation is 1. The molecule has 3 rings (SSSR count). The molecule has 9 heteroatoms. The molecular formula is C19H16F3N5O. The van der Waals surface area contributed by atoms with Crippen molar-refractivity contribution in [3.63, 3.8) is 0 Å². The van der Waals surface area contributed by atoms with Crippen LogP contribution in [0.1, 0.15) is 12.6 Å². The van der Waals surface area contributed by atoms with E-state index in [1.54, 1.807) is 37.3 Å². The van der Waals surface area contributed by atoms with Crippen molar-refractivity contribution in [1.29, 1.82) is 0 Å². The van der Waals surface area contributed by atoms with Gasteiger partial charge in [0.1, 0.15) is 5.82 Å². The van der Waals surface area contributed by atoms with Crippen LogP contribution in [0.5, 0.6) is 0 Å². The number of benzene rings is 2. The molecule has 0 atom stereocenters. The van der Waals surface area contributed by atoms with E-state index in [4.69, 9.17) is 0 Å². The number of rotatable bonds is 5. The zero-order valence-corrected chi connectivity index (χ0v) is 15.0. The highest BCUT2D eigenvalue weighted by Crippen LogP contribution is 2.24. The third kappa shape index (κ3) is 4.56. The number of carbonyl (C=O) groups excluding carboxylic acids is 1. The van der Waals surface area contributed by atoms with Crippen molar-refractivity contribution < 1.29 is 18.0 Å². The first-order valence-electron chi connectivity index (χ1n) is 8.22. The Kier molecular flexibility index (Phi) is 5.44. The fourth-order valence-corrected chi connectivity index (χ4v) is 2.42. The predicted octanol–water partition coefficient (Wildman–Crippen LogP) is 4.65. The third-order valence-electron chi connectivity index (χ3n) is 3.61. The summed E-state index contributed by atoms with van der Waals surface area (Å²) in [6.07, 6.45) is 0. The molecule has 3 N–H and O–H groups in total. The number of aromatic nitrogens is 2. The van der Waals surface area contributed by atoms with Gasteiger partial charge >= 0.3 is 0 Å². The molecule has 0 unspecified atom stereocenters. The van der Waals surface area contributed by atoms with Crippen molar-refractivity contribution in [3.8, 4) is 0 Å². The fourth-order valence-electron chi connectivity index (χ4n) is 2.42. The molecule has 0 saturated heterocycles. The molecule has 2 aromatic carbocycles. The van der Waals surface area contributed by atoms with Crippen LogP contribution in [-0.2, 0) is 4.79 Å². The molecule has 1 heterocycles. The standard InChI is InChI=1S/C19H16F3N5O/c1-10-9-16(25-13-5-3-12(4-6-13)24-11(2)28)27-19(23-10)26-15-8-7-14(20)17(21)18(15)22/h3-9H,1-2H3,(H,24,28)(H2,23,25,26,27). The number of carbonyl (C=O) groups is 1. The summed E-state index contributed by atoms with van der Waals surface area (Å²) >= 11 is 0. The van der Waals surface area contributed by atoms with Gasteiger partial charge in [-0.3, -0.25) is 4.79 Å². The van der Waals surface area contributed by atoms with Gasteiger partial charge in [-0.1, -0.05) is 0 Å². The van der Waals surface area contributed by atoms with Gasteiger partial charge in [0.15, 0.2) is 17.5 Å². The van der Waals surface area contributed by atoms with Gasteiger partial charge in [-0.15, -0.1) is 0 Å². The van der Waals surface area contributed by atoms with E-state index in [0.717, 1.165) is 12.1 Å². The maximum atomic E-state index is 13.8. The van der Waals surface area contributed by atoms with Crippen LogP contribution in [0.2, 0.25) is 0 Å². The number of nitrogens with zero attached hydrogens (tertiary/aromatic N) is 2. The zero-order chi connectivity index (χ0) is 20.3. The minimum Gasteiger partial charge on any atom is -0.340 e. The van der Waals surface area contributed by atoms with E-state index in [1.165, 1.54) is 6.92 Å². The van der Waals surface area contributed by atoms with E-state index >= 15 is 0 Å². The average Bonchev–Trinajstić information content (AvgIpc) is 2.63. The number of halogens is 3. The molecule has 0 spiro atoms. The summed E-state index contributed by atoms with van der Waals surface area (Å²) in [5, 5.41) is 8.26. The van der Waals surface area contributed by atoms with Gasteiger partial charge in [0.05, 0.1) is 5.69 Å². The highest BCUT2D eigenvalue weighted by molar-refractivity contribution is 5.88. The first-order valence-corrected chi connectivity index (χ1v) is 8.22. The highest BCUT2D eigenvalue weighted by Gasteiger charge is 2.14. The number of anilines is 5. The SMILES string of the molecule is CC(=O)Nc1ccc(Nc2cc(C)nc(Nc3ccc(F)c(F)c3F)n2)cc1. The molecule has 6 nitrogen and oxygen atoms in total. The number of hydrogen-bond acceptors (Lipinski definition) is 5. The molecule has 0 saturated carbocycles. The molecule has 3 aromatic rings. The third-order valence-corrected chi connectivity index (χ3v) is 3.61. The van der Waals surface area contributed by atoms with Crippen molar-refractivity contribution in [2.45, 2.75) is 13.8 Å². The normalized spacial score (nSPS) is 10.5. The first-order chi connectivity index (χ1) is 13.3. The van der Waals surface area contributed by atoms with Gasteiger partial charge in [0, 0.05) is 30.1 Å². The molecule has 0 aliphatic heterocycles. The van der Waals surface area contributed by atoms with E-state index in [2.05, 4.69) is 25.9 Å². The van der Waals surface area contributed by atoms with Crippen molar-refractivity contribution in [2.24, 2.45) is 0 Å². The lowest BCUT2D eigenvalue weighted by molar-refractivity contribution is -0.114. The Morgan fingerprint density at radius 1 is 0.893 bits per heavy atom. The van der Waals surface area contributed by atoms with Crippen LogP contribution >= 0.6 is 0 Å². The van der Waals surface area contributed by atoms with Crippen LogP contribution < -0.4 is 16.0 Å². The Bertz CT molecular complexity index is 1020. The maximum absolute atomic E-state index is 13.8. The van der Waals surface area contributed by atoms with Gasteiger partial charge in [-0.2, -0.15) is 4.98 Å². The summed E-state index contributed by atoms with van der Waals surface area (Å²) < 4.78 is 40.3. The van der Waals surface area contributed by atoms with Gasteiger partial charge in [0.2, 0.25) is 11.9 Å². The van der Waals surface area contributed by atoms with Crippen LogP contribution in [0.4, 0.5) is 42.0 Å². The predicted molar refractivity (Wildman–Crippen MR) is 100 cm³/mol. The summed E-state index contributed by atoms with van der Waals surface area (Å²) in [6.45, 7) is 3.12. The maximum Gasteiger partial charge on any atom is 0.229 e. The Morgan fingerprint density at radius 2 is 1.57 bits per heavy atom. The summed E-state index contributed by atoms with van der Waals surface area (Å²) in [4.78, 5) is 19.4. The second kappa shape index (κ2) is 7.95. The second-order valence-electron chi connectivity index (χ2n) is 5.95. The van der Waals surface area contributed by atoms with Crippen LogP contribution in [0.15, 0.2) is 42.5 Å². The lowest BCUT2D eigenvalue weighted by Gasteiger charge is -2.11. The van der Waals surface area contributed by atoms with Crippen molar-refractivity contribution in [1.82, 2.24) is 9.97 Å². The topological polar surface area (TPSA) is 78.9 Å². The Hall–Kier alpha value is -3.62. The lowest BCUT2D eigenvalue weighted by atomic mass is 10.2. The molecular weight excluding hydrogens is 371 g/mol. The minimum atomic E-state index is -1.57. The smallest absolute Gasteiger partial charge is 0.229 e. The summed E-state index contributed by atoms with van der Waals surface area (Å²) in [7, 11) is 0.